The highest BCUT2D eigenvalue weighted by Gasteiger charge is 2.53. The van der Waals surface area contributed by atoms with E-state index in [1.807, 2.05) is 16.8 Å². The second-order valence-corrected chi connectivity index (χ2v) is 6.35. The maximum Gasteiger partial charge on any atom is 0.307 e. The van der Waals surface area contributed by atoms with Crippen LogP contribution in [-0.2, 0) is 16.1 Å². The Morgan fingerprint density at radius 2 is 2.05 bits per heavy atom. The minimum absolute atomic E-state index is 0.0780. The van der Waals surface area contributed by atoms with Crippen LogP contribution in [0.5, 0.6) is 0 Å². The summed E-state index contributed by atoms with van der Waals surface area (Å²) in [5.41, 5.74) is 1.08. The molecule has 4 nitrogen and oxygen atoms in total. The average Bonchev–Trinajstić information content (AvgIpc) is 3.10. The molecule has 1 aromatic rings. The fourth-order valence-electron chi connectivity index (χ4n) is 3.72. The summed E-state index contributed by atoms with van der Waals surface area (Å²) in [7, 11) is 0. The zero-order valence-corrected chi connectivity index (χ0v) is 11.4. The molecule has 0 spiro atoms. The molecule has 0 aromatic carbocycles. The first kappa shape index (κ1) is 12.7. The van der Waals surface area contributed by atoms with Crippen molar-refractivity contribution in [3.8, 4) is 0 Å². The molecular formula is C14H17NO3S. The van der Waals surface area contributed by atoms with E-state index < -0.39 is 11.9 Å². The van der Waals surface area contributed by atoms with Crippen molar-refractivity contribution in [1.82, 2.24) is 5.32 Å². The molecular weight excluding hydrogens is 262 g/mol. The number of carbonyl (C=O) groups is 2. The number of fused-ring (bicyclic) bond motifs is 2. The Balaban J connectivity index is 1.66. The van der Waals surface area contributed by atoms with Gasteiger partial charge in [-0.3, -0.25) is 9.59 Å². The Morgan fingerprint density at radius 1 is 1.32 bits per heavy atom. The van der Waals surface area contributed by atoms with Crippen LogP contribution in [0.15, 0.2) is 16.8 Å². The summed E-state index contributed by atoms with van der Waals surface area (Å²) in [6, 6.07) is 1.97. The lowest BCUT2D eigenvalue weighted by Gasteiger charge is -2.26. The predicted molar refractivity (Wildman–Crippen MR) is 71.6 cm³/mol. The largest absolute Gasteiger partial charge is 0.481 e. The molecule has 0 aliphatic heterocycles. The highest BCUT2D eigenvalue weighted by molar-refractivity contribution is 7.07. The highest BCUT2D eigenvalue weighted by Crippen LogP contribution is 2.52. The zero-order chi connectivity index (χ0) is 13.4. The first-order valence-corrected chi connectivity index (χ1v) is 7.62. The van der Waals surface area contributed by atoms with Gasteiger partial charge in [-0.2, -0.15) is 11.3 Å². The summed E-state index contributed by atoms with van der Waals surface area (Å²) in [5.74, 6) is -1.20. The Morgan fingerprint density at radius 3 is 2.68 bits per heavy atom. The summed E-state index contributed by atoms with van der Waals surface area (Å²) < 4.78 is 0. The van der Waals surface area contributed by atoms with Crippen LogP contribution in [0.25, 0.3) is 0 Å². The standard InChI is InChI=1S/C14H17NO3S/c16-13(15-6-8-3-4-19-7-8)11-9-1-2-10(5-9)12(11)14(17)18/h3-4,7,9-12H,1-2,5-6H2,(H,15,16)(H,17,18)/t9-,10+,11-,12+/m1/s1. The first-order valence-electron chi connectivity index (χ1n) is 6.68. The molecule has 2 N–H and O–H groups in total. The summed E-state index contributed by atoms with van der Waals surface area (Å²) in [6.07, 6.45) is 2.88. The fraction of sp³-hybridized carbons (Fsp3) is 0.571. The number of hydrogen-bond acceptors (Lipinski definition) is 3. The Bertz CT molecular complexity index is 485. The van der Waals surface area contributed by atoms with Gasteiger partial charge in [0, 0.05) is 6.54 Å². The molecule has 5 heteroatoms. The molecule has 2 saturated carbocycles. The van der Waals surface area contributed by atoms with Crippen LogP contribution in [0.1, 0.15) is 24.8 Å². The van der Waals surface area contributed by atoms with Gasteiger partial charge in [0.2, 0.25) is 5.91 Å². The van der Waals surface area contributed by atoms with Gasteiger partial charge in [-0.05, 0) is 53.5 Å². The third kappa shape index (κ3) is 2.27. The first-order chi connectivity index (χ1) is 9.16. The second kappa shape index (κ2) is 4.96. The fourth-order valence-corrected chi connectivity index (χ4v) is 4.39. The molecule has 1 aromatic heterocycles. The van der Waals surface area contributed by atoms with E-state index in [2.05, 4.69) is 5.32 Å². The Hall–Kier alpha value is -1.36. The van der Waals surface area contributed by atoms with Crippen molar-refractivity contribution in [2.75, 3.05) is 0 Å². The monoisotopic (exact) mass is 279 g/mol. The van der Waals surface area contributed by atoms with Crippen molar-refractivity contribution < 1.29 is 14.7 Å². The number of thiophene rings is 1. The van der Waals surface area contributed by atoms with Gasteiger partial charge in [0.25, 0.3) is 0 Å². The molecule has 2 aliphatic rings. The van der Waals surface area contributed by atoms with Gasteiger partial charge in [-0.25, -0.2) is 0 Å². The molecule has 3 rings (SSSR count). The summed E-state index contributed by atoms with van der Waals surface area (Å²) >= 11 is 1.60. The van der Waals surface area contributed by atoms with Gasteiger partial charge in [-0.15, -0.1) is 0 Å². The van der Waals surface area contributed by atoms with Crippen molar-refractivity contribution in [3.63, 3.8) is 0 Å². The van der Waals surface area contributed by atoms with Crippen LogP contribution < -0.4 is 5.32 Å². The molecule has 1 heterocycles. The summed E-state index contributed by atoms with van der Waals surface area (Å²) in [6.45, 7) is 0.503. The summed E-state index contributed by atoms with van der Waals surface area (Å²) in [5, 5.41) is 16.2. The van der Waals surface area contributed by atoms with Crippen molar-refractivity contribution >= 4 is 23.2 Å². The normalized spacial score (nSPS) is 32.4. The molecule has 0 saturated heterocycles. The van der Waals surface area contributed by atoms with E-state index in [4.69, 9.17) is 0 Å². The third-order valence-corrected chi connectivity index (χ3v) is 5.28. The van der Waals surface area contributed by atoms with Crippen molar-refractivity contribution in [2.45, 2.75) is 25.8 Å². The van der Waals surface area contributed by atoms with Crippen LogP contribution in [0.3, 0.4) is 0 Å². The molecule has 2 fully saturated rings. The lowest BCUT2D eigenvalue weighted by Crippen LogP contribution is -2.40. The number of carboxylic acids is 1. The van der Waals surface area contributed by atoms with Crippen LogP contribution in [0.2, 0.25) is 0 Å². The maximum absolute atomic E-state index is 12.3. The molecule has 19 heavy (non-hydrogen) atoms. The van der Waals surface area contributed by atoms with E-state index >= 15 is 0 Å². The Labute approximate surface area is 115 Å². The van der Waals surface area contributed by atoms with Crippen LogP contribution in [-0.4, -0.2) is 17.0 Å². The second-order valence-electron chi connectivity index (χ2n) is 5.57. The molecule has 2 aliphatic carbocycles. The minimum atomic E-state index is -0.803. The number of nitrogens with one attached hydrogen (secondary N) is 1. The van der Waals surface area contributed by atoms with Gasteiger partial charge >= 0.3 is 5.97 Å². The molecule has 0 unspecified atom stereocenters. The van der Waals surface area contributed by atoms with Crippen molar-refractivity contribution in [1.29, 1.82) is 0 Å². The van der Waals surface area contributed by atoms with Crippen molar-refractivity contribution in [3.05, 3.63) is 22.4 Å². The van der Waals surface area contributed by atoms with Crippen molar-refractivity contribution in [2.24, 2.45) is 23.7 Å². The molecule has 1 amide bonds. The summed E-state index contributed by atoms with van der Waals surface area (Å²) in [4.78, 5) is 23.6. The van der Waals surface area contributed by atoms with E-state index in [1.54, 1.807) is 11.3 Å². The van der Waals surface area contributed by atoms with E-state index in [0.717, 1.165) is 24.8 Å². The van der Waals surface area contributed by atoms with Crippen LogP contribution >= 0.6 is 11.3 Å². The molecule has 4 atom stereocenters. The maximum atomic E-state index is 12.3. The van der Waals surface area contributed by atoms with E-state index in [1.165, 1.54) is 0 Å². The highest BCUT2D eigenvalue weighted by atomic mass is 32.1. The Kier molecular flexibility index (Phi) is 3.31. The van der Waals surface area contributed by atoms with Gasteiger partial charge in [0.15, 0.2) is 0 Å². The number of amides is 1. The van der Waals surface area contributed by atoms with E-state index in [9.17, 15) is 14.7 Å². The van der Waals surface area contributed by atoms with E-state index in [-0.39, 0.29) is 23.7 Å². The third-order valence-electron chi connectivity index (χ3n) is 4.55. The smallest absolute Gasteiger partial charge is 0.307 e. The van der Waals surface area contributed by atoms with Gasteiger partial charge in [-0.1, -0.05) is 0 Å². The van der Waals surface area contributed by atoms with Crippen LogP contribution in [0, 0.1) is 23.7 Å². The van der Waals surface area contributed by atoms with Gasteiger partial charge in [0.05, 0.1) is 11.8 Å². The molecule has 102 valence electrons. The van der Waals surface area contributed by atoms with E-state index in [0.29, 0.717) is 6.54 Å². The number of aliphatic carboxylic acids is 1. The predicted octanol–water partition coefficient (Wildman–Crippen LogP) is 2.11. The zero-order valence-electron chi connectivity index (χ0n) is 10.5. The SMILES string of the molecule is O=C(NCc1ccsc1)[C@@H]1[C@@H]2CC[C@@H](C2)[C@@H]1C(=O)O. The lowest BCUT2D eigenvalue weighted by molar-refractivity contribution is -0.149. The number of hydrogen-bond donors (Lipinski definition) is 2. The lowest BCUT2D eigenvalue weighted by atomic mass is 9.78. The number of carbonyl (C=O) groups excluding carboxylic acids is 1. The quantitative estimate of drug-likeness (QED) is 0.887. The molecule has 0 radical (unpaired) electrons. The topological polar surface area (TPSA) is 66.4 Å². The number of rotatable bonds is 4. The molecule has 2 bridgehead atoms. The van der Waals surface area contributed by atoms with Gasteiger partial charge < -0.3 is 10.4 Å². The van der Waals surface area contributed by atoms with Gasteiger partial charge in [0.1, 0.15) is 0 Å². The average molecular weight is 279 g/mol. The number of carboxylic acid groups (broad SMARTS) is 1. The minimum Gasteiger partial charge on any atom is -0.481 e. The van der Waals surface area contributed by atoms with Crippen LogP contribution in [0.4, 0.5) is 0 Å².